The first-order valence-corrected chi connectivity index (χ1v) is 7.99. The van der Waals surface area contributed by atoms with Crippen molar-refractivity contribution in [1.29, 1.82) is 0 Å². The van der Waals surface area contributed by atoms with Gasteiger partial charge in [-0.2, -0.15) is 13.2 Å². The second-order valence-electron chi connectivity index (χ2n) is 6.13. The number of quaternary nitrogens is 1. The highest BCUT2D eigenvalue weighted by atomic mass is 19.4. The molecular weight excluding hydrogens is 307 g/mol. The van der Waals surface area contributed by atoms with E-state index in [-0.39, 0.29) is 11.9 Å². The number of hydrogen-bond acceptors (Lipinski definition) is 2. The van der Waals surface area contributed by atoms with Crippen LogP contribution in [0.25, 0.3) is 0 Å². The van der Waals surface area contributed by atoms with Crippen LogP contribution in [0.2, 0.25) is 0 Å². The number of carbonyl (C=O) groups is 1. The molecule has 2 heterocycles. The summed E-state index contributed by atoms with van der Waals surface area (Å²) >= 11 is 0. The molecule has 2 saturated heterocycles. The van der Waals surface area contributed by atoms with Gasteiger partial charge in [0.05, 0.1) is 12.1 Å². The van der Waals surface area contributed by atoms with Crippen molar-refractivity contribution in [3.05, 3.63) is 29.8 Å². The lowest BCUT2D eigenvalue weighted by atomic mass is 10.1. The van der Waals surface area contributed by atoms with E-state index >= 15 is 0 Å². The summed E-state index contributed by atoms with van der Waals surface area (Å²) in [6.07, 6.45) is -2.33. The topological polar surface area (TPSA) is 40.2 Å². The van der Waals surface area contributed by atoms with Gasteiger partial charge in [0.25, 0.3) is 5.91 Å². The third-order valence-electron chi connectivity index (χ3n) is 4.62. The number of rotatable bonds is 2. The second kappa shape index (κ2) is 6.39. The van der Waals surface area contributed by atoms with Crippen molar-refractivity contribution in [3.8, 4) is 0 Å². The average Bonchev–Trinajstić information content (AvgIpc) is 3.08. The molecule has 7 heteroatoms. The molecule has 0 aliphatic carbocycles. The van der Waals surface area contributed by atoms with E-state index in [1.54, 1.807) is 6.07 Å². The van der Waals surface area contributed by atoms with E-state index in [4.69, 9.17) is 0 Å². The molecule has 23 heavy (non-hydrogen) atoms. The first-order chi connectivity index (χ1) is 10.9. The second-order valence-corrected chi connectivity index (χ2v) is 6.13. The van der Waals surface area contributed by atoms with Crippen LogP contribution in [0, 0.1) is 0 Å². The SMILES string of the molecule is O=C([C@H]1CCC[NH2+]1)N1CCN(c2cccc(C(F)(F)F)c2)CC1. The van der Waals surface area contributed by atoms with E-state index < -0.39 is 11.7 Å². The number of carbonyl (C=O) groups excluding carboxylic acids is 1. The summed E-state index contributed by atoms with van der Waals surface area (Å²) < 4.78 is 38.4. The van der Waals surface area contributed by atoms with Crippen LogP contribution < -0.4 is 10.2 Å². The van der Waals surface area contributed by atoms with Gasteiger partial charge in [0, 0.05) is 44.7 Å². The lowest BCUT2D eigenvalue weighted by molar-refractivity contribution is -0.658. The standard InChI is InChI=1S/C16H20F3N3O/c17-16(18,19)12-3-1-4-13(11-12)21-7-9-22(10-8-21)15(23)14-5-2-6-20-14/h1,3-4,11,14,20H,2,5-10H2/p+1/t14-/m1/s1. The number of benzene rings is 1. The highest BCUT2D eigenvalue weighted by Crippen LogP contribution is 2.31. The van der Waals surface area contributed by atoms with Crippen LogP contribution in [0.1, 0.15) is 18.4 Å². The number of nitrogens with zero attached hydrogens (tertiary/aromatic N) is 2. The van der Waals surface area contributed by atoms with Crippen LogP contribution >= 0.6 is 0 Å². The number of hydrogen-bond donors (Lipinski definition) is 1. The van der Waals surface area contributed by atoms with Gasteiger partial charge in [-0.05, 0) is 18.2 Å². The van der Waals surface area contributed by atoms with Crippen LogP contribution in [-0.2, 0) is 11.0 Å². The minimum absolute atomic E-state index is 0.0371. The predicted molar refractivity (Wildman–Crippen MR) is 80.1 cm³/mol. The van der Waals surface area contributed by atoms with Crippen molar-refractivity contribution in [2.24, 2.45) is 0 Å². The third kappa shape index (κ3) is 3.60. The van der Waals surface area contributed by atoms with E-state index in [0.29, 0.717) is 31.9 Å². The van der Waals surface area contributed by atoms with E-state index in [9.17, 15) is 18.0 Å². The number of halogens is 3. The van der Waals surface area contributed by atoms with E-state index in [2.05, 4.69) is 5.32 Å². The number of alkyl halides is 3. The molecule has 0 spiro atoms. The summed E-state index contributed by atoms with van der Waals surface area (Å²) in [5, 5.41) is 2.08. The molecule has 126 valence electrons. The Balaban J connectivity index is 1.61. The van der Waals surface area contributed by atoms with Gasteiger partial charge in [-0.1, -0.05) is 6.07 Å². The molecule has 2 N–H and O–H groups in total. The molecule has 2 aliphatic rings. The highest BCUT2D eigenvalue weighted by Gasteiger charge is 2.33. The monoisotopic (exact) mass is 328 g/mol. The zero-order valence-electron chi connectivity index (χ0n) is 12.9. The molecule has 0 bridgehead atoms. The molecule has 0 saturated carbocycles. The van der Waals surface area contributed by atoms with Gasteiger partial charge in [0.2, 0.25) is 0 Å². The van der Waals surface area contributed by atoms with Crippen LogP contribution in [0.4, 0.5) is 18.9 Å². The van der Waals surface area contributed by atoms with Gasteiger partial charge in [-0.15, -0.1) is 0 Å². The lowest BCUT2D eigenvalue weighted by Gasteiger charge is -2.36. The summed E-state index contributed by atoms with van der Waals surface area (Å²) in [6.45, 7) is 3.28. The molecule has 0 unspecified atom stereocenters. The zero-order valence-corrected chi connectivity index (χ0v) is 12.9. The molecule has 1 aromatic carbocycles. The summed E-state index contributed by atoms with van der Waals surface area (Å²) in [5.41, 5.74) is -0.0617. The van der Waals surface area contributed by atoms with Gasteiger partial charge >= 0.3 is 6.18 Å². The van der Waals surface area contributed by atoms with E-state index in [1.165, 1.54) is 12.1 Å². The van der Waals surface area contributed by atoms with Crippen LogP contribution in [0.5, 0.6) is 0 Å². The predicted octanol–water partition coefficient (Wildman–Crippen LogP) is 1.08. The van der Waals surface area contributed by atoms with Crippen molar-refractivity contribution >= 4 is 11.6 Å². The maximum atomic E-state index is 12.8. The fourth-order valence-corrected chi connectivity index (χ4v) is 3.30. The van der Waals surface area contributed by atoms with Crippen molar-refractivity contribution in [2.45, 2.75) is 25.1 Å². The third-order valence-corrected chi connectivity index (χ3v) is 4.62. The molecule has 1 atom stereocenters. The first kappa shape index (κ1) is 16.1. The van der Waals surface area contributed by atoms with Gasteiger partial charge < -0.3 is 15.1 Å². The Morgan fingerprint density at radius 3 is 2.52 bits per heavy atom. The minimum Gasteiger partial charge on any atom is -0.368 e. The summed E-state index contributed by atoms with van der Waals surface area (Å²) in [4.78, 5) is 16.1. The van der Waals surface area contributed by atoms with E-state index in [0.717, 1.165) is 25.5 Å². The maximum absolute atomic E-state index is 12.8. The maximum Gasteiger partial charge on any atom is 0.416 e. The quantitative estimate of drug-likeness (QED) is 0.883. The van der Waals surface area contributed by atoms with Gasteiger partial charge in [0.15, 0.2) is 6.04 Å². The molecule has 3 rings (SSSR count). The molecule has 1 amide bonds. The summed E-state index contributed by atoms with van der Waals surface area (Å²) in [5.74, 6) is 0.172. The number of anilines is 1. The van der Waals surface area contributed by atoms with E-state index in [1.807, 2.05) is 9.80 Å². The molecule has 2 aliphatic heterocycles. The lowest BCUT2D eigenvalue weighted by Crippen LogP contribution is -2.89. The average molecular weight is 328 g/mol. The van der Waals surface area contributed by atoms with Crippen molar-refractivity contribution in [2.75, 3.05) is 37.6 Å². The van der Waals surface area contributed by atoms with Crippen molar-refractivity contribution in [1.82, 2.24) is 4.90 Å². The number of amides is 1. The normalized spacial score (nSPS) is 22.5. The van der Waals surface area contributed by atoms with Crippen molar-refractivity contribution < 1.29 is 23.3 Å². The fraction of sp³-hybridized carbons (Fsp3) is 0.562. The Morgan fingerprint density at radius 1 is 1.17 bits per heavy atom. The molecular formula is C16H21F3N3O+. The molecule has 4 nitrogen and oxygen atoms in total. The number of nitrogens with two attached hydrogens (primary N) is 1. The van der Waals surface area contributed by atoms with Crippen LogP contribution in [-0.4, -0.2) is 49.6 Å². The van der Waals surface area contributed by atoms with Crippen molar-refractivity contribution in [3.63, 3.8) is 0 Å². The summed E-state index contributed by atoms with van der Waals surface area (Å²) in [7, 11) is 0. The Labute approximate surface area is 133 Å². The molecule has 0 radical (unpaired) electrons. The Hall–Kier alpha value is -1.76. The highest BCUT2D eigenvalue weighted by molar-refractivity contribution is 5.80. The largest absolute Gasteiger partial charge is 0.416 e. The Kier molecular flexibility index (Phi) is 4.48. The van der Waals surface area contributed by atoms with Crippen LogP contribution in [0.15, 0.2) is 24.3 Å². The molecule has 0 aromatic heterocycles. The van der Waals surface area contributed by atoms with Gasteiger partial charge in [0.1, 0.15) is 0 Å². The minimum atomic E-state index is -4.33. The van der Waals surface area contributed by atoms with Gasteiger partial charge in [-0.3, -0.25) is 4.79 Å². The summed E-state index contributed by atoms with van der Waals surface area (Å²) in [6, 6.07) is 5.43. The first-order valence-electron chi connectivity index (χ1n) is 7.99. The van der Waals surface area contributed by atoms with Crippen LogP contribution in [0.3, 0.4) is 0 Å². The fourth-order valence-electron chi connectivity index (χ4n) is 3.30. The van der Waals surface area contributed by atoms with Gasteiger partial charge in [-0.25, -0.2) is 0 Å². The Morgan fingerprint density at radius 2 is 1.91 bits per heavy atom. The number of piperazine rings is 1. The molecule has 1 aromatic rings. The molecule has 2 fully saturated rings. The Bertz CT molecular complexity index is 562. The smallest absolute Gasteiger partial charge is 0.368 e. The zero-order chi connectivity index (χ0) is 16.4.